The molecule has 0 spiro atoms. The minimum atomic E-state index is -0.704. The number of halogens is 4. The van der Waals surface area contributed by atoms with E-state index in [1.807, 2.05) is 0 Å². The molecule has 0 radical (unpaired) electrons. The van der Waals surface area contributed by atoms with E-state index in [2.05, 4.69) is 0 Å². The van der Waals surface area contributed by atoms with Crippen molar-refractivity contribution >= 4 is 0 Å². The fourth-order valence-electron chi connectivity index (χ4n) is 2.28. The molecule has 0 fully saturated rings. The summed E-state index contributed by atoms with van der Waals surface area (Å²) in [6.07, 6.45) is 4.24. The Morgan fingerprint density at radius 3 is 1.36 bits per heavy atom. The van der Waals surface area contributed by atoms with Gasteiger partial charge in [-0.1, -0.05) is 19.3 Å². The van der Waals surface area contributed by atoms with Gasteiger partial charge in [0.2, 0.25) is 0 Å². The molecule has 0 unspecified atom stereocenters. The van der Waals surface area contributed by atoms with Crippen LogP contribution in [0.1, 0.15) is 32.1 Å². The average Bonchev–Trinajstić information content (AvgIpc) is 2.56. The molecule has 0 saturated carbocycles. The van der Waals surface area contributed by atoms with Gasteiger partial charge in [-0.3, -0.25) is 0 Å². The molecule has 0 heterocycles. The zero-order chi connectivity index (χ0) is 18.1. The van der Waals surface area contributed by atoms with Gasteiger partial charge in [-0.05, 0) is 37.1 Å². The largest absolute Gasteiger partial charge is 0.491 e. The maximum absolute atomic E-state index is 13.3. The molecule has 0 aromatic heterocycles. The normalized spacial score (nSPS) is 10.7. The van der Waals surface area contributed by atoms with Crippen molar-refractivity contribution in [3.8, 4) is 11.5 Å². The van der Waals surface area contributed by atoms with Gasteiger partial charge in [0.1, 0.15) is 11.6 Å². The summed E-state index contributed by atoms with van der Waals surface area (Å²) in [4.78, 5) is 0. The summed E-state index contributed by atoms with van der Waals surface area (Å²) in [7, 11) is 0. The molecule has 0 amide bonds. The molecule has 0 aliphatic heterocycles. The summed E-state index contributed by atoms with van der Waals surface area (Å²) in [5.74, 6) is -2.57. The van der Waals surface area contributed by atoms with Gasteiger partial charge in [-0.15, -0.1) is 0 Å². The topological polar surface area (TPSA) is 18.5 Å². The molecule has 136 valence electrons. The molecule has 0 aliphatic carbocycles. The number of benzene rings is 2. The van der Waals surface area contributed by atoms with Crippen LogP contribution in [0.2, 0.25) is 0 Å². The van der Waals surface area contributed by atoms with Crippen molar-refractivity contribution in [1.29, 1.82) is 0 Å². The second-order valence-electron chi connectivity index (χ2n) is 5.61. The predicted octanol–water partition coefficient (Wildman–Crippen LogP) is 5.65. The Morgan fingerprint density at radius 1 is 0.560 bits per heavy atom. The van der Waals surface area contributed by atoms with E-state index in [0.29, 0.717) is 13.2 Å². The summed E-state index contributed by atoms with van der Waals surface area (Å²) >= 11 is 0. The van der Waals surface area contributed by atoms with Crippen molar-refractivity contribution in [2.45, 2.75) is 32.1 Å². The molecular formula is C19H20F4O2. The lowest BCUT2D eigenvalue weighted by Crippen LogP contribution is -2.01. The van der Waals surface area contributed by atoms with E-state index < -0.39 is 23.3 Å². The quantitative estimate of drug-likeness (QED) is 0.404. The van der Waals surface area contributed by atoms with Gasteiger partial charge in [-0.25, -0.2) is 17.6 Å². The van der Waals surface area contributed by atoms with Gasteiger partial charge in [-0.2, -0.15) is 0 Å². The van der Waals surface area contributed by atoms with E-state index in [1.165, 1.54) is 12.1 Å². The Labute approximate surface area is 144 Å². The van der Waals surface area contributed by atoms with Crippen LogP contribution >= 0.6 is 0 Å². The number of unbranched alkanes of at least 4 members (excludes halogenated alkanes) is 4. The first-order valence-electron chi connectivity index (χ1n) is 8.22. The minimum Gasteiger partial charge on any atom is -0.491 e. The van der Waals surface area contributed by atoms with E-state index >= 15 is 0 Å². The first-order chi connectivity index (χ1) is 12.1. The highest BCUT2D eigenvalue weighted by atomic mass is 19.1. The fraction of sp³-hybridized carbons (Fsp3) is 0.368. The van der Waals surface area contributed by atoms with Crippen LogP contribution in [-0.2, 0) is 0 Å². The van der Waals surface area contributed by atoms with Crippen molar-refractivity contribution in [3.63, 3.8) is 0 Å². The second kappa shape index (κ2) is 9.91. The summed E-state index contributed by atoms with van der Waals surface area (Å²) in [6.45, 7) is 0.722. The first-order valence-corrected chi connectivity index (χ1v) is 8.22. The van der Waals surface area contributed by atoms with Gasteiger partial charge in [0.15, 0.2) is 23.1 Å². The molecule has 2 aromatic carbocycles. The molecule has 2 nitrogen and oxygen atoms in total. The van der Waals surface area contributed by atoms with Crippen molar-refractivity contribution in [3.05, 3.63) is 59.7 Å². The number of hydrogen-bond acceptors (Lipinski definition) is 2. The Morgan fingerprint density at radius 2 is 0.960 bits per heavy atom. The van der Waals surface area contributed by atoms with Crippen LogP contribution < -0.4 is 9.47 Å². The summed E-state index contributed by atoms with van der Waals surface area (Å²) in [5.41, 5.74) is 0. The van der Waals surface area contributed by atoms with Crippen molar-refractivity contribution in [2.24, 2.45) is 0 Å². The molecule has 0 N–H and O–H groups in total. The average molecular weight is 356 g/mol. The van der Waals surface area contributed by atoms with Gasteiger partial charge in [0.05, 0.1) is 13.2 Å². The summed E-state index contributed by atoms with van der Waals surface area (Å²) < 4.78 is 62.7. The van der Waals surface area contributed by atoms with E-state index in [-0.39, 0.29) is 11.5 Å². The van der Waals surface area contributed by atoms with Crippen LogP contribution in [0.25, 0.3) is 0 Å². The maximum Gasteiger partial charge on any atom is 0.167 e. The molecule has 2 aromatic rings. The zero-order valence-corrected chi connectivity index (χ0v) is 13.7. The van der Waals surface area contributed by atoms with Crippen molar-refractivity contribution in [1.82, 2.24) is 0 Å². The van der Waals surface area contributed by atoms with E-state index in [0.717, 1.165) is 56.4 Å². The zero-order valence-electron chi connectivity index (χ0n) is 13.7. The third-order valence-electron chi connectivity index (χ3n) is 3.59. The SMILES string of the molecule is Fc1ccc(OCCCCCCCOc2ccc(F)cc2F)c(F)c1. The van der Waals surface area contributed by atoms with Gasteiger partial charge in [0.25, 0.3) is 0 Å². The van der Waals surface area contributed by atoms with E-state index in [1.54, 1.807) is 0 Å². The molecular weight excluding hydrogens is 336 g/mol. The third-order valence-corrected chi connectivity index (χ3v) is 3.59. The van der Waals surface area contributed by atoms with Crippen LogP contribution in [0.5, 0.6) is 11.5 Å². The second-order valence-corrected chi connectivity index (χ2v) is 5.61. The molecule has 0 saturated heterocycles. The third kappa shape index (κ3) is 6.64. The molecule has 0 aliphatic rings. The monoisotopic (exact) mass is 356 g/mol. The van der Waals surface area contributed by atoms with Crippen LogP contribution in [0.4, 0.5) is 17.6 Å². The van der Waals surface area contributed by atoms with Crippen molar-refractivity contribution < 1.29 is 27.0 Å². The Kier molecular flexibility index (Phi) is 7.57. The number of rotatable bonds is 10. The Bertz CT molecular complexity index is 619. The number of hydrogen-bond donors (Lipinski definition) is 0. The van der Waals surface area contributed by atoms with E-state index in [9.17, 15) is 17.6 Å². The molecule has 0 atom stereocenters. The Hall–Kier alpha value is -2.24. The predicted molar refractivity (Wildman–Crippen MR) is 86.8 cm³/mol. The first kappa shape index (κ1) is 19.1. The molecule has 25 heavy (non-hydrogen) atoms. The van der Waals surface area contributed by atoms with Crippen LogP contribution in [-0.4, -0.2) is 13.2 Å². The van der Waals surface area contributed by atoms with Crippen LogP contribution in [0.3, 0.4) is 0 Å². The highest BCUT2D eigenvalue weighted by Crippen LogP contribution is 2.19. The smallest absolute Gasteiger partial charge is 0.167 e. The van der Waals surface area contributed by atoms with Crippen LogP contribution in [0, 0.1) is 23.3 Å². The standard InChI is InChI=1S/C19H20F4O2/c20-14-6-8-18(16(22)12-14)24-10-4-2-1-3-5-11-25-19-9-7-15(21)13-17(19)23/h6-9,12-13H,1-5,10-11H2. The molecule has 0 bridgehead atoms. The van der Waals surface area contributed by atoms with Crippen LogP contribution in [0.15, 0.2) is 36.4 Å². The fourth-order valence-corrected chi connectivity index (χ4v) is 2.28. The van der Waals surface area contributed by atoms with Gasteiger partial charge < -0.3 is 9.47 Å². The lowest BCUT2D eigenvalue weighted by Gasteiger charge is -2.08. The van der Waals surface area contributed by atoms with E-state index in [4.69, 9.17) is 9.47 Å². The lowest BCUT2D eigenvalue weighted by atomic mass is 10.1. The van der Waals surface area contributed by atoms with Gasteiger partial charge in [0, 0.05) is 12.1 Å². The highest BCUT2D eigenvalue weighted by Gasteiger charge is 2.05. The molecule has 2 rings (SSSR count). The van der Waals surface area contributed by atoms with Gasteiger partial charge >= 0.3 is 0 Å². The van der Waals surface area contributed by atoms with Crippen molar-refractivity contribution in [2.75, 3.05) is 13.2 Å². The minimum absolute atomic E-state index is 0.0520. The Balaban J connectivity index is 1.51. The number of ether oxygens (including phenoxy) is 2. The summed E-state index contributed by atoms with van der Waals surface area (Å²) in [5, 5.41) is 0. The maximum atomic E-state index is 13.3. The summed E-state index contributed by atoms with van der Waals surface area (Å²) in [6, 6.07) is 6.44. The highest BCUT2D eigenvalue weighted by molar-refractivity contribution is 5.25. The molecule has 6 heteroatoms. The lowest BCUT2D eigenvalue weighted by molar-refractivity contribution is 0.279.